The van der Waals surface area contributed by atoms with E-state index in [0.29, 0.717) is 16.0 Å². The van der Waals surface area contributed by atoms with E-state index in [9.17, 15) is 8.42 Å². The number of hydrogen-bond donors (Lipinski definition) is 2. The van der Waals surface area contributed by atoms with Gasteiger partial charge in [-0.15, -0.1) is 0 Å². The van der Waals surface area contributed by atoms with E-state index in [1.807, 2.05) is 0 Å². The predicted octanol–water partition coefficient (Wildman–Crippen LogP) is 2.77. The van der Waals surface area contributed by atoms with Crippen LogP contribution in [0.25, 0.3) is 0 Å². The van der Waals surface area contributed by atoms with Crippen LogP contribution in [-0.2, 0) is 10.0 Å². The molecule has 4 nitrogen and oxygen atoms in total. The Morgan fingerprint density at radius 3 is 2.65 bits per heavy atom. The minimum Gasteiger partial charge on any atom is -0.317 e. The van der Waals surface area contributed by atoms with Crippen molar-refractivity contribution < 1.29 is 8.42 Å². The van der Waals surface area contributed by atoms with Gasteiger partial charge in [-0.1, -0.05) is 18.5 Å². The summed E-state index contributed by atoms with van der Waals surface area (Å²) in [5.41, 5.74) is 0.0111. The minimum atomic E-state index is -3.52. The fourth-order valence-corrected chi connectivity index (χ4v) is 4.83. The van der Waals surface area contributed by atoms with Gasteiger partial charge in [-0.05, 0) is 65.5 Å². The zero-order valence-electron chi connectivity index (χ0n) is 11.2. The first-order valence-electron chi connectivity index (χ1n) is 6.48. The standard InChI is InChI=1S/C13H18BrClN2O2S/c1-13(4-6-16-7-5-13)9-17-20(18,19)12-3-2-10(15)8-11(12)14/h2-3,8,16-17H,4-7,9H2,1H3. The van der Waals surface area contributed by atoms with Crippen LogP contribution >= 0.6 is 27.5 Å². The lowest BCUT2D eigenvalue weighted by atomic mass is 9.81. The number of piperidine rings is 1. The van der Waals surface area contributed by atoms with Crippen LogP contribution in [0.5, 0.6) is 0 Å². The highest BCUT2D eigenvalue weighted by atomic mass is 79.9. The molecule has 112 valence electrons. The molecule has 0 radical (unpaired) electrons. The largest absolute Gasteiger partial charge is 0.317 e. The molecular weight excluding hydrogens is 364 g/mol. The molecule has 1 aliphatic rings. The molecule has 20 heavy (non-hydrogen) atoms. The smallest absolute Gasteiger partial charge is 0.241 e. The van der Waals surface area contributed by atoms with Crippen molar-refractivity contribution in [2.45, 2.75) is 24.7 Å². The Morgan fingerprint density at radius 2 is 2.05 bits per heavy atom. The quantitative estimate of drug-likeness (QED) is 0.843. The summed E-state index contributed by atoms with van der Waals surface area (Å²) in [5, 5.41) is 3.79. The Balaban J connectivity index is 2.11. The van der Waals surface area contributed by atoms with Crippen molar-refractivity contribution in [3.05, 3.63) is 27.7 Å². The van der Waals surface area contributed by atoms with Gasteiger partial charge in [0.05, 0.1) is 4.90 Å². The highest BCUT2D eigenvalue weighted by Crippen LogP contribution is 2.29. The molecule has 1 fully saturated rings. The van der Waals surface area contributed by atoms with Crippen LogP contribution < -0.4 is 10.0 Å². The van der Waals surface area contributed by atoms with Crippen LogP contribution in [0, 0.1) is 5.41 Å². The molecule has 0 atom stereocenters. The molecule has 1 aliphatic heterocycles. The summed E-state index contributed by atoms with van der Waals surface area (Å²) < 4.78 is 27.9. The van der Waals surface area contributed by atoms with Crippen LogP contribution in [0.4, 0.5) is 0 Å². The van der Waals surface area contributed by atoms with E-state index in [1.165, 1.54) is 6.07 Å². The summed E-state index contributed by atoms with van der Waals surface area (Å²) in [6, 6.07) is 4.68. The van der Waals surface area contributed by atoms with Gasteiger partial charge in [0.15, 0.2) is 0 Å². The first-order valence-corrected chi connectivity index (χ1v) is 9.13. The Hall–Kier alpha value is -0.140. The van der Waals surface area contributed by atoms with Crippen molar-refractivity contribution in [1.29, 1.82) is 0 Å². The molecule has 0 unspecified atom stereocenters. The summed E-state index contributed by atoms with van der Waals surface area (Å²) in [7, 11) is -3.52. The van der Waals surface area contributed by atoms with Gasteiger partial charge >= 0.3 is 0 Å². The number of hydrogen-bond acceptors (Lipinski definition) is 3. The van der Waals surface area contributed by atoms with E-state index in [1.54, 1.807) is 12.1 Å². The number of nitrogens with one attached hydrogen (secondary N) is 2. The third-order valence-electron chi connectivity index (χ3n) is 3.68. The molecule has 0 spiro atoms. The lowest BCUT2D eigenvalue weighted by molar-refractivity contribution is 0.232. The van der Waals surface area contributed by atoms with Gasteiger partial charge in [-0.25, -0.2) is 13.1 Å². The fourth-order valence-electron chi connectivity index (χ4n) is 2.25. The Bertz CT molecular complexity index is 586. The maximum atomic E-state index is 12.3. The summed E-state index contributed by atoms with van der Waals surface area (Å²) in [4.78, 5) is 0.222. The van der Waals surface area contributed by atoms with E-state index in [-0.39, 0.29) is 10.3 Å². The zero-order valence-corrected chi connectivity index (χ0v) is 14.4. The first kappa shape index (κ1) is 16.2. The van der Waals surface area contributed by atoms with Crippen LogP contribution in [0.3, 0.4) is 0 Å². The van der Waals surface area contributed by atoms with Crippen LogP contribution in [0.1, 0.15) is 19.8 Å². The van der Waals surface area contributed by atoms with Gasteiger partial charge < -0.3 is 5.32 Å². The second-order valence-electron chi connectivity index (χ2n) is 5.46. The van der Waals surface area contributed by atoms with E-state index in [4.69, 9.17) is 11.6 Å². The molecule has 7 heteroatoms. The Kier molecular flexibility index (Phi) is 5.13. The molecule has 1 heterocycles. The van der Waals surface area contributed by atoms with Crippen molar-refractivity contribution in [1.82, 2.24) is 10.0 Å². The van der Waals surface area contributed by atoms with Crippen molar-refractivity contribution in [2.75, 3.05) is 19.6 Å². The molecule has 0 saturated carbocycles. The van der Waals surface area contributed by atoms with Crippen molar-refractivity contribution in [2.24, 2.45) is 5.41 Å². The minimum absolute atomic E-state index is 0.0111. The number of rotatable bonds is 4. The monoisotopic (exact) mass is 380 g/mol. The zero-order chi connectivity index (χ0) is 14.8. The van der Waals surface area contributed by atoms with E-state index >= 15 is 0 Å². The second kappa shape index (κ2) is 6.32. The number of sulfonamides is 1. The van der Waals surface area contributed by atoms with E-state index in [2.05, 4.69) is 32.9 Å². The van der Waals surface area contributed by atoms with Gasteiger partial charge in [-0.2, -0.15) is 0 Å². The highest BCUT2D eigenvalue weighted by molar-refractivity contribution is 9.10. The molecule has 1 aromatic carbocycles. The Labute approximate surface area is 133 Å². The van der Waals surface area contributed by atoms with Gasteiger partial charge in [0.1, 0.15) is 0 Å². The molecule has 0 aliphatic carbocycles. The topological polar surface area (TPSA) is 58.2 Å². The maximum Gasteiger partial charge on any atom is 0.241 e. The lowest BCUT2D eigenvalue weighted by Crippen LogP contribution is -2.42. The molecule has 2 N–H and O–H groups in total. The molecule has 0 bridgehead atoms. The lowest BCUT2D eigenvalue weighted by Gasteiger charge is -2.34. The van der Waals surface area contributed by atoms with Crippen LogP contribution in [-0.4, -0.2) is 28.1 Å². The number of benzene rings is 1. The van der Waals surface area contributed by atoms with Crippen molar-refractivity contribution in [3.8, 4) is 0 Å². The molecule has 1 aromatic rings. The third kappa shape index (κ3) is 3.95. The van der Waals surface area contributed by atoms with Gasteiger partial charge in [-0.3, -0.25) is 0 Å². The summed E-state index contributed by atoms with van der Waals surface area (Å²) in [5.74, 6) is 0. The molecule has 0 amide bonds. The van der Waals surface area contributed by atoms with Crippen LogP contribution in [0.15, 0.2) is 27.6 Å². The normalized spacial score (nSPS) is 18.9. The second-order valence-corrected chi connectivity index (χ2v) is 8.49. The van der Waals surface area contributed by atoms with Gasteiger partial charge in [0.25, 0.3) is 0 Å². The average Bonchev–Trinajstić information content (AvgIpc) is 2.37. The average molecular weight is 382 g/mol. The SMILES string of the molecule is CC1(CNS(=O)(=O)c2ccc(Cl)cc2Br)CCNCC1. The Morgan fingerprint density at radius 1 is 1.40 bits per heavy atom. The van der Waals surface area contributed by atoms with E-state index < -0.39 is 10.0 Å². The fraction of sp³-hybridized carbons (Fsp3) is 0.538. The molecule has 2 rings (SSSR count). The molecular formula is C13H18BrClN2O2S. The summed E-state index contributed by atoms with van der Waals surface area (Å²) in [6.07, 6.45) is 1.94. The predicted molar refractivity (Wildman–Crippen MR) is 84.6 cm³/mol. The molecule has 0 aromatic heterocycles. The van der Waals surface area contributed by atoms with Crippen LogP contribution in [0.2, 0.25) is 5.02 Å². The van der Waals surface area contributed by atoms with Gasteiger partial charge in [0, 0.05) is 16.0 Å². The van der Waals surface area contributed by atoms with Crippen molar-refractivity contribution in [3.63, 3.8) is 0 Å². The first-order chi connectivity index (χ1) is 9.32. The van der Waals surface area contributed by atoms with Crippen molar-refractivity contribution >= 4 is 37.6 Å². The van der Waals surface area contributed by atoms with E-state index in [0.717, 1.165) is 25.9 Å². The molecule has 1 saturated heterocycles. The summed E-state index contributed by atoms with van der Waals surface area (Å²) in [6.45, 7) is 4.44. The number of halogens is 2. The van der Waals surface area contributed by atoms with Gasteiger partial charge in [0.2, 0.25) is 10.0 Å². The summed E-state index contributed by atoms with van der Waals surface area (Å²) >= 11 is 9.08. The third-order valence-corrected chi connectivity index (χ3v) is 6.30. The highest BCUT2D eigenvalue weighted by Gasteiger charge is 2.29. The maximum absolute atomic E-state index is 12.3.